The first-order valence-corrected chi connectivity index (χ1v) is 11.1. The molecule has 0 bridgehead atoms. The Morgan fingerprint density at radius 2 is 1.45 bits per heavy atom. The van der Waals surface area contributed by atoms with E-state index in [1.54, 1.807) is 12.1 Å². The summed E-state index contributed by atoms with van der Waals surface area (Å²) in [4.78, 5) is 12.5. The molecule has 162 valence electrons. The van der Waals surface area contributed by atoms with Crippen molar-refractivity contribution < 1.29 is 9.53 Å². The maximum absolute atomic E-state index is 12.5. The van der Waals surface area contributed by atoms with Crippen molar-refractivity contribution in [1.82, 2.24) is 5.32 Å². The van der Waals surface area contributed by atoms with Crippen LogP contribution >= 0.6 is 0 Å². The van der Waals surface area contributed by atoms with Crippen LogP contribution < -0.4 is 15.4 Å². The lowest BCUT2D eigenvalue weighted by Crippen LogP contribution is -2.13. The van der Waals surface area contributed by atoms with Gasteiger partial charge in [0, 0.05) is 24.3 Å². The van der Waals surface area contributed by atoms with Gasteiger partial charge in [-0.25, -0.2) is 0 Å². The normalized spacial score (nSPS) is 10.6. The van der Waals surface area contributed by atoms with Gasteiger partial charge in [-0.3, -0.25) is 4.79 Å². The Morgan fingerprint density at radius 3 is 2.13 bits per heavy atom. The highest BCUT2D eigenvalue weighted by molar-refractivity contribution is 6.04. The molecule has 0 aromatic heterocycles. The molecule has 2 N–H and O–H groups in total. The lowest BCUT2D eigenvalue weighted by molar-refractivity contribution is 0.102. The molecule has 0 atom stereocenters. The van der Waals surface area contributed by atoms with E-state index in [2.05, 4.69) is 29.7 Å². The van der Waals surface area contributed by atoms with Crippen LogP contribution in [0, 0.1) is 0 Å². The van der Waals surface area contributed by atoms with Gasteiger partial charge in [-0.2, -0.15) is 0 Å². The standard InChI is InChI=1S/C27H32N2O2/c1-2-3-4-8-19-31-26-17-13-24(14-18-26)27(30)29-25-15-11-23(12-16-25)21-28-20-22-9-6-5-7-10-22/h5-7,9-18,28H,2-4,8,19-21H2,1H3,(H,29,30). The summed E-state index contributed by atoms with van der Waals surface area (Å²) in [5.74, 6) is 0.685. The molecular formula is C27H32N2O2. The minimum atomic E-state index is -0.121. The molecule has 0 aliphatic rings. The smallest absolute Gasteiger partial charge is 0.255 e. The summed E-state index contributed by atoms with van der Waals surface area (Å²) in [6.45, 7) is 4.53. The Hall–Kier alpha value is -3.11. The molecule has 0 radical (unpaired) electrons. The van der Waals surface area contributed by atoms with Gasteiger partial charge in [0.1, 0.15) is 5.75 Å². The number of amides is 1. The summed E-state index contributed by atoms with van der Waals surface area (Å²) in [6, 6.07) is 25.6. The fourth-order valence-electron chi connectivity index (χ4n) is 3.28. The molecule has 0 saturated carbocycles. The molecule has 0 heterocycles. The van der Waals surface area contributed by atoms with Crippen LogP contribution in [0.3, 0.4) is 0 Å². The predicted molar refractivity (Wildman–Crippen MR) is 127 cm³/mol. The van der Waals surface area contributed by atoms with Crippen molar-refractivity contribution in [2.75, 3.05) is 11.9 Å². The van der Waals surface area contributed by atoms with Gasteiger partial charge in [-0.15, -0.1) is 0 Å². The van der Waals surface area contributed by atoms with E-state index in [0.717, 1.165) is 37.6 Å². The van der Waals surface area contributed by atoms with Gasteiger partial charge in [0.25, 0.3) is 5.91 Å². The molecule has 0 fully saturated rings. The first-order chi connectivity index (χ1) is 15.2. The van der Waals surface area contributed by atoms with Crippen molar-refractivity contribution >= 4 is 11.6 Å². The molecule has 0 saturated heterocycles. The van der Waals surface area contributed by atoms with Gasteiger partial charge >= 0.3 is 0 Å². The molecule has 0 unspecified atom stereocenters. The van der Waals surface area contributed by atoms with Gasteiger partial charge in [0.05, 0.1) is 6.61 Å². The molecular weight excluding hydrogens is 384 g/mol. The van der Waals surface area contributed by atoms with Crippen LogP contribution in [0.5, 0.6) is 5.75 Å². The number of nitrogens with one attached hydrogen (secondary N) is 2. The quantitative estimate of drug-likeness (QED) is 0.346. The maximum Gasteiger partial charge on any atom is 0.255 e. The summed E-state index contributed by atoms with van der Waals surface area (Å²) >= 11 is 0. The van der Waals surface area contributed by atoms with Gasteiger partial charge in [0.2, 0.25) is 0 Å². The number of rotatable bonds is 12. The number of carbonyl (C=O) groups is 1. The average Bonchev–Trinajstić information content (AvgIpc) is 2.81. The first-order valence-electron chi connectivity index (χ1n) is 11.1. The summed E-state index contributed by atoms with van der Waals surface area (Å²) in [6.07, 6.45) is 4.72. The average molecular weight is 417 g/mol. The van der Waals surface area contributed by atoms with Crippen LogP contribution in [-0.4, -0.2) is 12.5 Å². The monoisotopic (exact) mass is 416 g/mol. The number of benzene rings is 3. The van der Waals surface area contributed by atoms with E-state index in [4.69, 9.17) is 4.74 Å². The maximum atomic E-state index is 12.5. The Kier molecular flexibility index (Phi) is 9.14. The molecule has 3 aromatic rings. The van der Waals surface area contributed by atoms with E-state index >= 15 is 0 Å². The number of unbranched alkanes of at least 4 members (excludes halogenated alkanes) is 3. The molecule has 1 amide bonds. The van der Waals surface area contributed by atoms with Crippen LogP contribution in [0.25, 0.3) is 0 Å². The molecule has 31 heavy (non-hydrogen) atoms. The zero-order chi connectivity index (χ0) is 21.7. The van der Waals surface area contributed by atoms with Crippen LogP contribution in [-0.2, 0) is 13.1 Å². The van der Waals surface area contributed by atoms with Crippen molar-refractivity contribution in [3.05, 3.63) is 95.6 Å². The topological polar surface area (TPSA) is 50.4 Å². The molecule has 4 nitrogen and oxygen atoms in total. The van der Waals surface area contributed by atoms with Crippen LogP contribution in [0.15, 0.2) is 78.9 Å². The van der Waals surface area contributed by atoms with E-state index in [1.165, 1.54) is 30.4 Å². The van der Waals surface area contributed by atoms with Crippen LogP contribution in [0.2, 0.25) is 0 Å². The molecule has 0 aliphatic carbocycles. The van der Waals surface area contributed by atoms with Crippen LogP contribution in [0.1, 0.15) is 54.1 Å². The number of hydrogen-bond donors (Lipinski definition) is 2. The zero-order valence-electron chi connectivity index (χ0n) is 18.3. The summed E-state index contributed by atoms with van der Waals surface area (Å²) < 4.78 is 5.74. The van der Waals surface area contributed by atoms with Crippen molar-refractivity contribution in [3.63, 3.8) is 0 Å². The Balaban J connectivity index is 1.42. The number of hydrogen-bond acceptors (Lipinski definition) is 3. The van der Waals surface area contributed by atoms with E-state index in [9.17, 15) is 4.79 Å². The van der Waals surface area contributed by atoms with Gasteiger partial charge in [-0.1, -0.05) is 68.7 Å². The SMILES string of the molecule is CCCCCCOc1ccc(C(=O)Nc2ccc(CNCc3ccccc3)cc2)cc1. The predicted octanol–water partition coefficient (Wildman–Crippen LogP) is 6.19. The van der Waals surface area contributed by atoms with E-state index < -0.39 is 0 Å². The van der Waals surface area contributed by atoms with E-state index in [1.807, 2.05) is 54.6 Å². The van der Waals surface area contributed by atoms with Crippen molar-refractivity contribution in [3.8, 4) is 5.75 Å². The second-order valence-corrected chi connectivity index (χ2v) is 7.67. The van der Waals surface area contributed by atoms with E-state index in [0.29, 0.717) is 5.56 Å². The molecule has 0 aliphatic heterocycles. The minimum absolute atomic E-state index is 0.121. The lowest BCUT2D eigenvalue weighted by Gasteiger charge is -2.09. The third-order valence-electron chi connectivity index (χ3n) is 5.10. The first kappa shape index (κ1) is 22.6. The van der Waals surface area contributed by atoms with Gasteiger partial charge in [-0.05, 0) is 53.9 Å². The highest BCUT2D eigenvalue weighted by atomic mass is 16.5. The number of ether oxygens (including phenoxy) is 1. The van der Waals surface area contributed by atoms with Crippen molar-refractivity contribution in [2.45, 2.75) is 45.7 Å². The fraction of sp³-hybridized carbons (Fsp3) is 0.296. The van der Waals surface area contributed by atoms with Gasteiger partial charge < -0.3 is 15.4 Å². The third kappa shape index (κ3) is 7.91. The third-order valence-corrected chi connectivity index (χ3v) is 5.10. The summed E-state index contributed by atoms with van der Waals surface area (Å²) in [5, 5.41) is 6.39. The highest BCUT2D eigenvalue weighted by Gasteiger charge is 2.06. The van der Waals surface area contributed by atoms with Crippen LogP contribution in [0.4, 0.5) is 5.69 Å². The molecule has 0 spiro atoms. The van der Waals surface area contributed by atoms with Crippen molar-refractivity contribution in [1.29, 1.82) is 0 Å². The Bertz CT molecular complexity index is 906. The summed E-state index contributed by atoms with van der Waals surface area (Å²) in [5.41, 5.74) is 3.84. The number of anilines is 1. The number of carbonyl (C=O) groups excluding carboxylic acids is 1. The van der Waals surface area contributed by atoms with Gasteiger partial charge in [0.15, 0.2) is 0 Å². The lowest BCUT2D eigenvalue weighted by atomic mass is 10.1. The molecule has 4 heteroatoms. The van der Waals surface area contributed by atoms with Crippen molar-refractivity contribution in [2.24, 2.45) is 0 Å². The largest absolute Gasteiger partial charge is 0.494 e. The second kappa shape index (κ2) is 12.6. The fourth-order valence-corrected chi connectivity index (χ4v) is 3.28. The highest BCUT2D eigenvalue weighted by Crippen LogP contribution is 2.16. The molecule has 3 rings (SSSR count). The minimum Gasteiger partial charge on any atom is -0.494 e. The Labute approximate surface area is 185 Å². The van der Waals surface area contributed by atoms with E-state index in [-0.39, 0.29) is 5.91 Å². The molecule has 3 aromatic carbocycles. The zero-order valence-corrected chi connectivity index (χ0v) is 18.3. The second-order valence-electron chi connectivity index (χ2n) is 7.67. The summed E-state index contributed by atoms with van der Waals surface area (Å²) in [7, 11) is 0. The Morgan fingerprint density at radius 1 is 0.774 bits per heavy atom.